The highest BCUT2D eigenvalue weighted by Crippen LogP contribution is 2.26. The number of benzene rings is 1. The maximum absolute atomic E-state index is 5.75. The first-order valence-electron chi connectivity index (χ1n) is 6.37. The van der Waals surface area contributed by atoms with Gasteiger partial charge in [-0.2, -0.15) is 0 Å². The van der Waals surface area contributed by atoms with E-state index in [1.807, 2.05) is 19.9 Å². The lowest BCUT2D eigenvalue weighted by Crippen LogP contribution is -2.04. The van der Waals surface area contributed by atoms with Crippen LogP contribution < -0.4 is 10.5 Å². The molecule has 100 valence electrons. The lowest BCUT2D eigenvalue weighted by Gasteiger charge is -2.10. The zero-order chi connectivity index (χ0) is 13.8. The Morgan fingerprint density at radius 2 is 1.79 bits per heavy atom. The Kier molecular flexibility index (Phi) is 4.12. The summed E-state index contributed by atoms with van der Waals surface area (Å²) >= 11 is 0. The van der Waals surface area contributed by atoms with E-state index in [1.165, 1.54) is 5.56 Å². The highest BCUT2D eigenvalue weighted by Gasteiger charge is 2.07. The quantitative estimate of drug-likeness (QED) is 0.914. The smallest absolute Gasteiger partial charge is 0.321 e. The van der Waals surface area contributed by atoms with Crippen LogP contribution in [0.2, 0.25) is 0 Å². The Morgan fingerprint density at radius 3 is 2.42 bits per heavy atom. The number of nitrogens with two attached hydrogens (primary N) is 1. The molecule has 2 N–H and O–H groups in total. The van der Waals surface area contributed by atoms with Crippen molar-refractivity contribution in [3.8, 4) is 11.8 Å². The van der Waals surface area contributed by atoms with Crippen molar-refractivity contribution in [1.82, 2.24) is 9.97 Å². The lowest BCUT2D eigenvalue weighted by atomic mass is 10.1. The van der Waals surface area contributed by atoms with E-state index in [4.69, 9.17) is 10.5 Å². The van der Waals surface area contributed by atoms with Gasteiger partial charge in [0.15, 0.2) is 0 Å². The predicted molar refractivity (Wildman–Crippen MR) is 75.5 cm³/mol. The van der Waals surface area contributed by atoms with Crippen LogP contribution in [0.15, 0.2) is 24.5 Å². The molecule has 1 aromatic heterocycles. The van der Waals surface area contributed by atoms with Crippen molar-refractivity contribution in [3.05, 3.63) is 46.8 Å². The molecule has 2 rings (SSSR count). The zero-order valence-electron chi connectivity index (χ0n) is 11.6. The number of aryl methyl sites for hydroxylation is 2. The van der Waals surface area contributed by atoms with E-state index in [2.05, 4.69) is 23.0 Å². The van der Waals surface area contributed by atoms with Crippen LogP contribution in [-0.4, -0.2) is 16.5 Å². The summed E-state index contributed by atoms with van der Waals surface area (Å²) in [6.07, 6.45) is 4.29. The van der Waals surface area contributed by atoms with Crippen LogP contribution in [0.4, 0.5) is 0 Å². The fourth-order valence-electron chi connectivity index (χ4n) is 1.90. The molecule has 1 heterocycles. The average molecular weight is 257 g/mol. The molecule has 2 aromatic rings. The van der Waals surface area contributed by atoms with Crippen molar-refractivity contribution < 1.29 is 4.74 Å². The van der Waals surface area contributed by atoms with Gasteiger partial charge in [0, 0.05) is 12.4 Å². The molecule has 0 fully saturated rings. The van der Waals surface area contributed by atoms with E-state index < -0.39 is 0 Å². The topological polar surface area (TPSA) is 61.0 Å². The maximum Gasteiger partial charge on any atom is 0.321 e. The molecular weight excluding hydrogens is 238 g/mol. The van der Waals surface area contributed by atoms with Crippen molar-refractivity contribution in [2.45, 2.75) is 27.2 Å². The van der Waals surface area contributed by atoms with Gasteiger partial charge in [-0.05, 0) is 62.1 Å². The largest absolute Gasteiger partial charge is 0.424 e. The standard InChI is InChI=1S/C15H19N3O/c1-10-6-11(2)12(3)14(7-10)19-15-17-8-13(4-5-16)9-18-15/h6-9H,4-5,16H2,1-3H3. The molecule has 4 heteroatoms. The van der Waals surface area contributed by atoms with Gasteiger partial charge in [-0.3, -0.25) is 0 Å². The molecule has 1 aromatic carbocycles. The van der Waals surface area contributed by atoms with Crippen molar-refractivity contribution in [1.29, 1.82) is 0 Å². The molecule has 0 spiro atoms. The third-order valence-electron chi connectivity index (χ3n) is 3.08. The van der Waals surface area contributed by atoms with Crippen molar-refractivity contribution >= 4 is 0 Å². The highest BCUT2D eigenvalue weighted by atomic mass is 16.5. The van der Waals surface area contributed by atoms with Gasteiger partial charge in [0.05, 0.1) is 0 Å². The van der Waals surface area contributed by atoms with Gasteiger partial charge < -0.3 is 10.5 Å². The van der Waals surface area contributed by atoms with Gasteiger partial charge >= 0.3 is 6.01 Å². The normalized spacial score (nSPS) is 10.5. The second-order valence-electron chi connectivity index (χ2n) is 4.72. The molecule has 0 aliphatic rings. The Bertz CT molecular complexity index is 564. The molecule has 0 bridgehead atoms. The molecule has 4 nitrogen and oxygen atoms in total. The fraction of sp³-hybridized carbons (Fsp3) is 0.333. The Hall–Kier alpha value is -1.94. The minimum atomic E-state index is 0.369. The fourth-order valence-corrected chi connectivity index (χ4v) is 1.90. The van der Waals surface area contributed by atoms with Crippen molar-refractivity contribution in [2.24, 2.45) is 5.73 Å². The molecule has 0 atom stereocenters. The van der Waals surface area contributed by atoms with Crippen molar-refractivity contribution in [2.75, 3.05) is 6.54 Å². The van der Waals surface area contributed by atoms with Crippen LogP contribution in [0.5, 0.6) is 11.8 Å². The van der Waals surface area contributed by atoms with Gasteiger partial charge in [-0.15, -0.1) is 0 Å². The number of hydrogen-bond donors (Lipinski definition) is 1. The molecule has 0 saturated carbocycles. The third-order valence-corrected chi connectivity index (χ3v) is 3.08. The summed E-state index contributed by atoms with van der Waals surface area (Å²) in [6.45, 7) is 6.75. The second-order valence-corrected chi connectivity index (χ2v) is 4.72. The molecule has 0 amide bonds. The molecule has 19 heavy (non-hydrogen) atoms. The molecule has 0 saturated heterocycles. The minimum Gasteiger partial charge on any atom is -0.424 e. The summed E-state index contributed by atoms with van der Waals surface area (Å²) in [4.78, 5) is 8.41. The molecule has 0 aliphatic heterocycles. The minimum absolute atomic E-state index is 0.369. The Morgan fingerprint density at radius 1 is 1.11 bits per heavy atom. The summed E-state index contributed by atoms with van der Waals surface area (Å²) in [7, 11) is 0. The second kappa shape index (κ2) is 5.80. The van der Waals surface area contributed by atoms with E-state index in [1.54, 1.807) is 12.4 Å². The SMILES string of the molecule is Cc1cc(C)c(C)c(Oc2ncc(CCN)cn2)c1. The van der Waals surface area contributed by atoms with Crippen molar-refractivity contribution in [3.63, 3.8) is 0 Å². The van der Waals surface area contributed by atoms with Crippen LogP contribution >= 0.6 is 0 Å². The number of hydrogen-bond acceptors (Lipinski definition) is 4. The Balaban J connectivity index is 2.21. The first-order valence-corrected chi connectivity index (χ1v) is 6.37. The van der Waals surface area contributed by atoms with Gasteiger partial charge in [-0.1, -0.05) is 6.07 Å². The predicted octanol–water partition coefficient (Wildman–Crippen LogP) is 2.70. The average Bonchev–Trinajstić information content (AvgIpc) is 2.38. The molecule has 0 radical (unpaired) electrons. The van der Waals surface area contributed by atoms with Gasteiger partial charge in [-0.25, -0.2) is 9.97 Å². The van der Waals surface area contributed by atoms with E-state index in [9.17, 15) is 0 Å². The number of ether oxygens (including phenoxy) is 1. The van der Waals surface area contributed by atoms with Gasteiger partial charge in [0.25, 0.3) is 0 Å². The third kappa shape index (κ3) is 3.29. The van der Waals surface area contributed by atoms with Gasteiger partial charge in [0.1, 0.15) is 5.75 Å². The summed E-state index contributed by atoms with van der Waals surface area (Å²) in [5.41, 5.74) is 9.99. The lowest BCUT2D eigenvalue weighted by molar-refractivity contribution is 0.437. The summed E-state index contributed by atoms with van der Waals surface area (Å²) in [6, 6.07) is 4.50. The summed E-state index contributed by atoms with van der Waals surface area (Å²) < 4.78 is 5.75. The number of nitrogens with zero attached hydrogens (tertiary/aromatic N) is 2. The maximum atomic E-state index is 5.75. The first kappa shape index (κ1) is 13.5. The van der Waals surface area contributed by atoms with Crippen LogP contribution in [0.3, 0.4) is 0 Å². The van der Waals surface area contributed by atoms with Crippen LogP contribution in [-0.2, 0) is 6.42 Å². The molecule has 0 unspecified atom stereocenters. The van der Waals surface area contributed by atoms with E-state index in [0.717, 1.165) is 28.9 Å². The zero-order valence-corrected chi connectivity index (χ0v) is 11.6. The monoisotopic (exact) mass is 257 g/mol. The number of aromatic nitrogens is 2. The van der Waals surface area contributed by atoms with E-state index >= 15 is 0 Å². The summed E-state index contributed by atoms with van der Waals surface area (Å²) in [5.74, 6) is 0.809. The van der Waals surface area contributed by atoms with Gasteiger partial charge in [0.2, 0.25) is 0 Å². The van der Waals surface area contributed by atoms with E-state index in [-0.39, 0.29) is 0 Å². The summed E-state index contributed by atoms with van der Waals surface area (Å²) in [5, 5.41) is 0. The number of rotatable bonds is 4. The highest BCUT2D eigenvalue weighted by molar-refractivity contribution is 5.43. The Labute approximate surface area is 113 Å². The van der Waals surface area contributed by atoms with Crippen LogP contribution in [0, 0.1) is 20.8 Å². The first-order chi connectivity index (χ1) is 9.10. The molecule has 0 aliphatic carbocycles. The van der Waals surface area contributed by atoms with E-state index in [0.29, 0.717) is 12.6 Å². The van der Waals surface area contributed by atoms with Crippen LogP contribution in [0.25, 0.3) is 0 Å². The van der Waals surface area contributed by atoms with Crippen LogP contribution in [0.1, 0.15) is 22.3 Å². The molecular formula is C15H19N3O.